The number of carbonyl (C=O) groups excluding carboxylic acids is 4. The van der Waals surface area contributed by atoms with Crippen molar-refractivity contribution >= 4 is 29.4 Å². The van der Waals surface area contributed by atoms with Crippen molar-refractivity contribution < 1.29 is 23.9 Å². The highest BCUT2D eigenvalue weighted by molar-refractivity contribution is 6.07. The van der Waals surface area contributed by atoms with Gasteiger partial charge in [-0.25, -0.2) is 4.79 Å². The molecule has 1 aliphatic rings. The number of carbonyl (C=O) groups is 4. The van der Waals surface area contributed by atoms with Crippen LogP contribution in [0.3, 0.4) is 0 Å². The van der Waals surface area contributed by atoms with Crippen LogP contribution in [0.1, 0.15) is 22.3 Å². The highest BCUT2D eigenvalue weighted by Crippen LogP contribution is 2.17. The number of rotatable bonds is 7. The van der Waals surface area contributed by atoms with Crippen molar-refractivity contribution in [3.05, 3.63) is 59.7 Å². The predicted octanol–water partition coefficient (Wildman–Crippen LogP) is 1.24. The zero-order chi connectivity index (χ0) is 21.0. The molecule has 2 aromatic carbocycles. The fourth-order valence-corrected chi connectivity index (χ4v) is 2.89. The molecule has 0 aromatic heterocycles. The van der Waals surface area contributed by atoms with Crippen LogP contribution in [0.4, 0.5) is 10.5 Å². The lowest BCUT2D eigenvalue weighted by molar-refractivity contribution is -0.130. The largest absolute Gasteiger partial charge is 0.497 e. The van der Waals surface area contributed by atoms with Gasteiger partial charge in [-0.05, 0) is 42.0 Å². The number of primary amides is 1. The Hall–Kier alpha value is -3.88. The van der Waals surface area contributed by atoms with Gasteiger partial charge in [0.15, 0.2) is 0 Å². The van der Waals surface area contributed by atoms with E-state index in [2.05, 4.69) is 10.6 Å². The third-order valence-corrected chi connectivity index (χ3v) is 4.45. The van der Waals surface area contributed by atoms with Crippen molar-refractivity contribution in [2.24, 2.45) is 5.73 Å². The van der Waals surface area contributed by atoms with Gasteiger partial charge in [-0.2, -0.15) is 0 Å². The maximum Gasteiger partial charge on any atom is 0.325 e. The smallest absolute Gasteiger partial charge is 0.325 e. The van der Waals surface area contributed by atoms with Gasteiger partial charge < -0.3 is 21.1 Å². The zero-order valence-electron chi connectivity index (χ0n) is 15.7. The van der Waals surface area contributed by atoms with Gasteiger partial charge in [0, 0.05) is 11.3 Å². The number of nitrogens with zero attached hydrogens (tertiary/aromatic N) is 1. The molecule has 5 amide bonds. The molecule has 1 fully saturated rings. The molecule has 4 N–H and O–H groups in total. The van der Waals surface area contributed by atoms with Crippen LogP contribution in [0.2, 0.25) is 0 Å². The van der Waals surface area contributed by atoms with Crippen LogP contribution < -0.4 is 21.1 Å². The van der Waals surface area contributed by atoms with Crippen LogP contribution >= 0.6 is 0 Å². The van der Waals surface area contributed by atoms with E-state index in [1.165, 1.54) is 24.3 Å². The van der Waals surface area contributed by atoms with Crippen molar-refractivity contribution in [1.29, 1.82) is 0 Å². The Labute approximate surface area is 166 Å². The van der Waals surface area contributed by atoms with E-state index < -0.39 is 29.8 Å². The normalized spacial score (nSPS) is 15.8. The van der Waals surface area contributed by atoms with Gasteiger partial charge in [0.05, 0.1) is 20.1 Å². The summed E-state index contributed by atoms with van der Waals surface area (Å²) in [5.74, 6) is -0.810. The van der Waals surface area contributed by atoms with E-state index in [0.29, 0.717) is 17.0 Å². The number of benzene rings is 2. The van der Waals surface area contributed by atoms with E-state index >= 15 is 0 Å². The van der Waals surface area contributed by atoms with E-state index in [4.69, 9.17) is 10.5 Å². The summed E-state index contributed by atoms with van der Waals surface area (Å²) in [7, 11) is 1.55. The van der Waals surface area contributed by atoms with Gasteiger partial charge in [-0.15, -0.1) is 0 Å². The number of imide groups is 1. The highest BCUT2D eigenvalue weighted by Gasteiger charge is 2.38. The number of methoxy groups -OCH3 is 1. The highest BCUT2D eigenvalue weighted by atomic mass is 16.5. The summed E-state index contributed by atoms with van der Waals surface area (Å²) in [4.78, 5) is 49.1. The first kappa shape index (κ1) is 19.9. The molecule has 0 spiro atoms. The van der Waals surface area contributed by atoms with Crippen LogP contribution in [-0.2, 0) is 16.1 Å². The van der Waals surface area contributed by atoms with Crippen LogP contribution in [0.25, 0.3) is 0 Å². The summed E-state index contributed by atoms with van der Waals surface area (Å²) < 4.78 is 5.08. The van der Waals surface area contributed by atoms with Gasteiger partial charge in [0.2, 0.25) is 11.8 Å². The topological polar surface area (TPSA) is 131 Å². The van der Waals surface area contributed by atoms with E-state index in [1.807, 2.05) is 0 Å². The molecular formula is C20H20N4O5. The predicted molar refractivity (Wildman–Crippen MR) is 104 cm³/mol. The van der Waals surface area contributed by atoms with E-state index in [1.54, 1.807) is 31.4 Å². The zero-order valence-corrected chi connectivity index (χ0v) is 15.7. The van der Waals surface area contributed by atoms with Gasteiger partial charge in [0.1, 0.15) is 11.8 Å². The SMILES string of the molecule is COc1ccc(CN2C(=O)N[C@@H](CC(=O)Nc3ccc(C(N)=O)cc3)C2=O)cc1. The number of hydrogen-bond acceptors (Lipinski definition) is 5. The molecule has 0 aliphatic carbocycles. The number of urea groups is 1. The molecule has 1 heterocycles. The minimum atomic E-state index is -0.939. The second-order valence-electron chi connectivity index (χ2n) is 6.47. The monoisotopic (exact) mass is 396 g/mol. The maximum absolute atomic E-state index is 12.5. The molecule has 1 atom stereocenters. The van der Waals surface area contributed by atoms with Crippen molar-refractivity contribution in [3.63, 3.8) is 0 Å². The minimum Gasteiger partial charge on any atom is -0.497 e. The summed E-state index contributed by atoms with van der Waals surface area (Å²) in [5, 5.41) is 5.15. The number of amides is 5. The molecule has 9 nitrogen and oxygen atoms in total. The number of anilines is 1. The molecule has 150 valence electrons. The first-order valence-corrected chi connectivity index (χ1v) is 8.82. The van der Waals surface area contributed by atoms with Gasteiger partial charge in [-0.1, -0.05) is 12.1 Å². The Bertz CT molecular complexity index is 940. The lowest BCUT2D eigenvalue weighted by atomic mass is 10.1. The standard InChI is InChI=1S/C20H20N4O5/c1-29-15-8-2-12(3-9-15)11-24-19(27)16(23-20(24)28)10-17(25)22-14-6-4-13(5-7-14)18(21)26/h2-9,16H,10-11H2,1H3,(H2,21,26)(H,22,25)(H,23,28)/t16-/m0/s1. The Morgan fingerprint density at radius 1 is 1.10 bits per heavy atom. The van der Waals surface area contributed by atoms with Crippen LogP contribution in [0, 0.1) is 0 Å². The second-order valence-corrected chi connectivity index (χ2v) is 6.47. The van der Waals surface area contributed by atoms with E-state index in [9.17, 15) is 19.2 Å². The molecule has 0 radical (unpaired) electrons. The number of ether oxygens (including phenoxy) is 1. The van der Waals surface area contributed by atoms with Crippen LogP contribution in [0.15, 0.2) is 48.5 Å². The Morgan fingerprint density at radius 2 is 1.76 bits per heavy atom. The lowest BCUT2D eigenvalue weighted by Crippen LogP contribution is -2.34. The average Bonchev–Trinajstić information content (AvgIpc) is 2.96. The fraction of sp³-hybridized carbons (Fsp3) is 0.200. The Balaban J connectivity index is 1.58. The second kappa shape index (κ2) is 8.42. The summed E-state index contributed by atoms with van der Waals surface area (Å²) in [6.07, 6.45) is -0.207. The third-order valence-electron chi connectivity index (χ3n) is 4.45. The molecule has 1 saturated heterocycles. The molecule has 0 bridgehead atoms. The van der Waals surface area contributed by atoms with Crippen LogP contribution in [-0.4, -0.2) is 41.8 Å². The molecule has 9 heteroatoms. The molecular weight excluding hydrogens is 376 g/mol. The van der Waals surface area contributed by atoms with E-state index in [-0.39, 0.29) is 13.0 Å². The lowest BCUT2D eigenvalue weighted by Gasteiger charge is -2.13. The Kier molecular flexibility index (Phi) is 5.77. The summed E-state index contributed by atoms with van der Waals surface area (Å²) in [5.41, 5.74) is 6.69. The quantitative estimate of drug-likeness (QED) is 0.606. The van der Waals surface area contributed by atoms with Gasteiger partial charge >= 0.3 is 6.03 Å². The van der Waals surface area contributed by atoms with E-state index in [0.717, 1.165) is 10.5 Å². The van der Waals surface area contributed by atoms with Crippen LogP contribution in [0.5, 0.6) is 5.75 Å². The maximum atomic E-state index is 12.5. The molecule has 2 aromatic rings. The summed E-state index contributed by atoms with van der Waals surface area (Å²) in [6.45, 7) is 0.0986. The Morgan fingerprint density at radius 3 is 2.34 bits per heavy atom. The first-order chi connectivity index (χ1) is 13.9. The fourth-order valence-electron chi connectivity index (χ4n) is 2.89. The molecule has 3 rings (SSSR count). The number of nitrogens with two attached hydrogens (primary N) is 1. The van der Waals surface area contributed by atoms with Crippen molar-refractivity contribution in [2.75, 3.05) is 12.4 Å². The van der Waals surface area contributed by atoms with Crippen molar-refractivity contribution in [1.82, 2.24) is 10.2 Å². The minimum absolute atomic E-state index is 0.0986. The molecule has 1 aliphatic heterocycles. The molecule has 0 unspecified atom stereocenters. The average molecular weight is 396 g/mol. The molecule has 0 saturated carbocycles. The van der Waals surface area contributed by atoms with Gasteiger partial charge in [0.25, 0.3) is 5.91 Å². The number of hydrogen-bond donors (Lipinski definition) is 3. The summed E-state index contributed by atoms with van der Waals surface area (Å²) >= 11 is 0. The van der Waals surface area contributed by atoms with Crippen molar-refractivity contribution in [2.45, 2.75) is 19.0 Å². The van der Waals surface area contributed by atoms with Crippen molar-refractivity contribution in [3.8, 4) is 5.75 Å². The number of nitrogens with one attached hydrogen (secondary N) is 2. The summed E-state index contributed by atoms with van der Waals surface area (Å²) in [6, 6.07) is 11.5. The molecule has 29 heavy (non-hydrogen) atoms. The third kappa shape index (κ3) is 4.70. The van der Waals surface area contributed by atoms with Gasteiger partial charge in [-0.3, -0.25) is 19.3 Å². The first-order valence-electron chi connectivity index (χ1n) is 8.82.